The molecule has 5 nitrogen and oxygen atoms in total. The van der Waals surface area contributed by atoms with E-state index >= 15 is 0 Å². The number of aliphatic carboxylic acids is 1. The zero-order valence-electron chi connectivity index (χ0n) is 13.4. The molecule has 1 saturated heterocycles. The van der Waals surface area contributed by atoms with E-state index in [9.17, 15) is 19.1 Å². The highest BCUT2D eigenvalue weighted by Crippen LogP contribution is 2.47. The summed E-state index contributed by atoms with van der Waals surface area (Å²) in [4.78, 5) is 23.7. The Morgan fingerprint density at radius 1 is 1.25 bits per heavy atom. The maximum Gasteiger partial charge on any atom is 0.312 e. The number of amides is 1. The molecule has 1 aliphatic heterocycles. The number of carbonyl (C=O) groups excluding carboxylic acids is 1. The van der Waals surface area contributed by atoms with E-state index < -0.39 is 17.7 Å². The smallest absolute Gasteiger partial charge is 0.312 e. The molecule has 24 heavy (non-hydrogen) atoms. The van der Waals surface area contributed by atoms with Crippen molar-refractivity contribution in [2.75, 3.05) is 19.8 Å². The minimum absolute atomic E-state index is 0.00392. The van der Waals surface area contributed by atoms with Crippen molar-refractivity contribution in [3.05, 3.63) is 35.6 Å². The Morgan fingerprint density at radius 3 is 2.54 bits per heavy atom. The van der Waals surface area contributed by atoms with E-state index in [1.807, 2.05) is 0 Å². The average Bonchev–Trinajstić information content (AvgIpc) is 3.38. The maximum atomic E-state index is 13.0. The number of benzene rings is 1. The van der Waals surface area contributed by atoms with Crippen LogP contribution in [0.25, 0.3) is 0 Å². The molecule has 1 aliphatic carbocycles. The van der Waals surface area contributed by atoms with Gasteiger partial charge in [0, 0.05) is 25.7 Å². The fourth-order valence-corrected chi connectivity index (χ4v) is 3.56. The topological polar surface area (TPSA) is 75.6 Å². The van der Waals surface area contributed by atoms with Gasteiger partial charge in [-0.3, -0.25) is 9.59 Å². The van der Waals surface area contributed by atoms with E-state index in [0.29, 0.717) is 17.4 Å². The first kappa shape index (κ1) is 16.9. The summed E-state index contributed by atoms with van der Waals surface area (Å²) in [6.45, 7) is 1.55. The van der Waals surface area contributed by atoms with Gasteiger partial charge in [-0.15, -0.1) is 0 Å². The number of carboxylic acids is 1. The zero-order valence-corrected chi connectivity index (χ0v) is 13.4. The highest BCUT2D eigenvalue weighted by atomic mass is 19.1. The monoisotopic (exact) mass is 335 g/mol. The van der Waals surface area contributed by atoms with E-state index in [0.717, 1.165) is 32.5 Å². The molecule has 2 fully saturated rings. The van der Waals surface area contributed by atoms with Crippen LogP contribution in [-0.4, -0.2) is 36.7 Å². The fraction of sp³-hybridized carbons (Fsp3) is 0.556. The number of carboxylic acid groups (broad SMARTS) is 1. The minimum atomic E-state index is -1.03. The molecule has 0 radical (unpaired) electrons. The quantitative estimate of drug-likeness (QED) is 0.835. The molecule has 3 atom stereocenters. The number of hydrogen-bond donors (Lipinski definition) is 2. The van der Waals surface area contributed by atoms with Gasteiger partial charge in [-0.25, -0.2) is 4.39 Å². The predicted octanol–water partition coefficient (Wildman–Crippen LogP) is 2.17. The third-order valence-electron chi connectivity index (χ3n) is 5.10. The Labute approximate surface area is 140 Å². The second kappa shape index (κ2) is 7.30. The van der Waals surface area contributed by atoms with E-state index in [1.54, 1.807) is 0 Å². The van der Waals surface area contributed by atoms with E-state index in [2.05, 4.69) is 5.32 Å². The summed E-state index contributed by atoms with van der Waals surface area (Å²) in [7, 11) is 0. The summed E-state index contributed by atoms with van der Waals surface area (Å²) >= 11 is 0. The van der Waals surface area contributed by atoms with Gasteiger partial charge in [-0.1, -0.05) is 12.1 Å². The summed E-state index contributed by atoms with van der Waals surface area (Å²) in [5.41, 5.74) is 0.487. The van der Waals surface area contributed by atoms with Crippen molar-refractivity contribution in [1.29, 1.82) is 0 Å². The van der Waals surface area contributed by atoms with Crippen molar-refractivity contribution in [3.63, 3.8) is 0 Å². The highest BCUT2D eigenvalue weighted by Gasteiger charge is 2.47. The van der Waals surface area contributed by atoms with Gasteiger partial charge in [-0.2, -0.15) is 0 Å². The lowest BCUT2D eigenvalue weighted by Crippen LogP contribution is -2.33. The first-order chi connectivity index (χ1) is 11.6. The molecule has 1 aromatic rings. The first-order valence-electron chi connectivity index (χ1n) is 8.40. The molecule has 1 amide bonds. The van der Waals surface area contributed by atoms with Crippen molar-refractivity contribution in [2.24, 2.45) is 17.8 Å². The van der Waals surface area contributed by atoms with Gasteiger partial charge in [0.15, 0.2) is 0 Å². The summed E-state index contributed by atoms with van der Waals surface area (Å²) in [6, 6.07) is 5.36. The zero-order chi connectivity index (χ0) is 17.1. The van der Waals surface area contributed by atoms with Crippen LogP contribution in [0, 0.1) is 23.6 Å². The predicted molar refractivity (Wildman–Crippen MR) is 84.9 cm³/mol. The lowest BCUT2D eigenvalue weighted by molar-refractivity contribution is -0.138. The number of hydrogen-bond acceptors (Lipinski definition) is 3. The van der Waals surface area contributed by atoms with Crippen molar-refractivity contribution in [1.82, 2.24) is 5.32 Å². The minimum Gasteiger partial charge on any atom is -0.481 e. The molecule has 1 aromatic carbocycles. The van der Waals surface area contributed by atoms with Gasteiger partial charge in [0.25, 0.3) is 0 Å². The van der Waals surface area contributed by atoms with Crippen LogP contribution in [0.4, 0.5) is 4.39 Å². The number of ether oxygens (including phenoxy) is 1. The van der Waals surface area contributed by atoms with Gasteiger partial charge in [0.05, 0.1) is 5.92 Å². The van der Waals surface area contributed by atoms with Crippen molar-refractivity contribution in [2.45, 2.75) is 25.2 Å². The highest BCUT2D eigenvalue weighted by molar-refractivity contribution is 5.83. The van der Waals surface area contributed by atoms with E-state index in [-0.39, 0.29) is 18.4 Å². The van der Waals surface area contributed by atoms with Crippen molar-refractivity contribution < 1.29 is 23.8 Å². The van der Waals surface area contributed by atoms with Crippen LogP contribution in [0.5, 0.6) is 0 Å². The summed E-state index contributed by atoms with van der Waals surface area (Å²) in [5.74, 6) is -1.43. The van der Waals surface area contributed by atoms with E-state index in [4.69, 9.17) is 4.74 Å². The third kappa shape index (κ3) is 3.93. The molecular formula is C18H22FNO4. The lowest BCUT2D eigenvalue weighted by atomic mass is 9.93. The number of carbonyl (C=O) groups is 2. The second-order valence-electron chi connectivity index (χ2n) is 6.64. The van der Waals surface area contributed by atoms with Crippen LogP contribution < -0.4 is 5.32 Å². The van der Waals surface area contributed by atoms with Gasteiger partial charge >= 0.3 is 5.97 Å². The van der Waals surface area contributed by atoms with Crippen LogP contribution in [0.15, 0.2) is 24.3 Å². The third-order valence-corrected chi connectivity index (χ3v) is 5.10. The molecular weight excluding hydrogens is 313 g/mol. The van der Waals surface area contributed by atoms with E-state index in [1.165, 1.54) is 24.3 Å². The molecule has 0 bridgehead atoms. The standard InChI is InChI=1S/C18H22FNO4/c19-13-3-1-11(2-4-13)16(18(22)23)10-20-17(21)15-9-14(15)12-5-7-24-8-6-12/h1-4,12,14-16H,5-10H2,(H,20,21)(H,22,23)/t14-,15+,16?/m0/s1. The Hall–Kier alpha value is -1.95. The number of rotatable bonds is 6. The average molecular weight is 335 g/mol. The van der Waals surface area contributed by atoms with Gasteiger partial charge in [0.2, 0.25) is 5.91 Å². The normalized spacial score (nSPS) is 25.0. The van der Waals surface area contributed by atoms with Crippen LogP contribution >= 0.6 is 0 Å². The molecule has 2 N–H and O–H groups in total. The summed E-state index contributed by atoms with van der Waals surface area (Å²) < 4.78 is 18.3. The molecule has 0 spiro atoms. The van der Waals surface area contributed by atoms with Gasteiger partial charge < -0.3 is 15.2 Å². The van der Waals surface area contributed by atoms with Crippen molar-refractivity contribution >= 4 is 11.9 Å². The molecule has 1 saturated carbocycles. The Morgan fingerprint density at radius 2 is 1.92 bits per heavy atom. The van der Waals surface area contributed by atoms with Gasteiger partial charge in [0.1, 0.15) is 5.82 Å². The number of halogens is 1. The summed E-state index contributed by atoms with van der Waals surface area (Å²) in [6.07, 6.45) is 2.88. The fourth-order valence-electron chi connectivity index (χ4n) is 3.56. The van der Waals surface area contributed by atoms with Crippen LogP contribution in [0.3, 0.4) is 0 Å². The molecule has 0 aromatic heterocycles. The SMILES string of the molecule is O=C(O)C(CNC(=O)[C@@H]1C[C@H]1C1CCOCC1)c1ccc(F)cc1. The largest absolute Gasteiger partial charge is 0.481 e. The van der Waals surface area contributed by atoms with Crippen molar-refractivity contribution in [3.8, 4) is 0 Å². The maximum absolute atomic E-state index is 13.0. The Bertz CT molecular complexity index is 598. The van der Waals surface area contributed by atoms with Crippen LogP contribution in [0.2, 0.25) is 0 Å². The molecule has 2 aliphatic rings. The Balaban J connectivity index is 1.52. The molecule has 130 valence electrons. The molecule has 6 heteroatoms. The number of nitrogens with one attached hydrogen (secondary N) is 1. The Kier molecular flexibility index (Phi) is 5.14. The summed E-state index contributed by atoms with van der Waals surface area (Å²) in [5, 5.41) is 12.1. The molecule has 3 rings (SSSR count). The van der Waals surface area contributed by atoms with Crippen LogP contribution in [-0.2, 0) is 14.3 Å². The van der Waals surface area contributed by atoms with Crippen LogP contribution in [0.1, 0.15) is 30.7 Å². The lowest BCUT2D eigenvalue weighted by Gasteiger charge is -2.22. The molecule has 1 heterocycles. The molecule has 1 unspecified atom stereocenters. The second-order valence-corrected chi connectivity index (χ2v) is 6.64. The van der Waals surface area contributed by atoms with Gasteiger partial charge in [-0.05, 0) is 48.8 Å². The first-order valence-corrected chi connectivity index (χ1v) is 8.40.